The van der Waals surface area contributed by atoms with Gasteiger partial charge in [0.25, 0.3) is 0 Å². The van der Waals surface area contributed by atoms with Gasteiger partial charge in [-0.3, -0.25) is 0 Å². The number of hydrogen-bond donors (Lipinski definition) is 0. The van der Waals surface area contributed by atoms with Crippen molar-refractivity contribution in [3.8, 4) is 0 Å². The lowest BCUT2D eigenvalue weighted by atomic mass is 9.95. The summed E-state index contributed by atoms with van der Waals surface area (Å²) in [6, 6.07) is 36.1. The second-order valence-electron chi connectivity index (χ2n) is 15.3. The minimum Gasteiger partial charge on any atom is -0.198 e. The Balaban J connectivity index is 1.35. The molecule has 0 aliphatic carbocycles. The fraction of sp³-hybridized carbons (Fsp3) is 0.184. The molecule has 0 atom stereocenters. The van der Waals surface area contributed by atoms with Crippen molar-refractivity contribution in [1.82, 2.24) is 9.13 Å². The van der Waals surface area contributed by atoms with E-state index in [1.165, 1.54) is 90.0 Å². The summed E-state index contributed by atoms with van der Waals surface area (Å²) < 4.78 is 20.3. The highest BCUT2D eigenvalue weighted by molar-refractivity contribution is 6.28. The zero-order valence-corrected chi connectivity index (χ0v) is 32.8. The summed E-state index contributed by atoms with van der Waals surface area (Å²) in [6.45, 7) is 12.4. The van der Waals surface area contributed by atoms with Crippen molar-refractivity contribution in [1.29, 1.82) is 0 Å². The molecule has 0 saturated carbocycles. The van der Waals surface area contributed by atoms with Crippen LogP contribution in [-0.2, 0) is 32.1 Å². The first-order chi connectivity index (χ1) is 28.1. The van der Waals surface area contributed by atoms with Crippen LogP contribution in [0.25, 0.3) is 22.3 Å². The highest BCUT2D eigenvalue weighted by Gasteiger charge is 2.74. The molecule has 6 aliphatic rings. The van der Waals surface area contributed by atoms with E-state index in [1.807, 2.05) is 0 Å². The third-order valence-corrected chi connectivity index (χ3v) is 12.9. The lowest BCUT2D eigenvalue weighted by Gasteiger charge is -2.40. The number of nitrogens with zero attached hydrogens (tertiary/aromatic N) is 8. The number of hydrogen-bond acceptors (Lipinski definition) is 0. The summed E-state index contributed by atoms with van der Waals surface area (Å²) in [4.78, 5) is 0. The monoisotopic (exact) mass is 744 g/mol. The maximum absolute atomic E-state index is 2.68. The molecular weight excluding hydrogens is 701 g/mol. The van der Waals surface area contributed by atoms with Crippen LogP contribution in [0.2, 0.25) is 0 Å². The van der Waals surface area contributed by atoms with E-state index in [0.717, 1.165) is 26.2 Å². The predicted octanol–water partition coefficient (Wildman–Crippen LogP) is 3.65. The maximum Gasteiger partial charge on any atom is 0.554 e. The van der Waals surface area contributed by atoms with Gasteiger partial charge in [-0.05, 0) is 76.2 Å². The van der Waals surface area contributed by atoms with Gasteiger partial charge < -0.3 is 0 Å². The number of aryl methyl sites for hydroxylation is 4. The summed E-state index contributed by atoms with van der Waals surface area (Å²) in [5.41, 5.74) is 17.0. The van der Waals surface area contributed by atoms with Gasteiger partial charge >= 0.3 is 5.91 Å². The van der Waals surface area contributed by atoms with E-state index < -0.39 is 5.91 Å². The molecule has 0 N–H and O–H groups in total. The summed E-state index contributed by atoms with van der Waals surface area (Å²) >= 11 is 0. The number of rotatable bonds is 8. The molecule has 274 valence electrons. The van der Waals surface area contributed by atoms with Crippen molar-refractivity contribution < 1.29 is 27.4 Å². The van der Waals surface area contributed by atoms with Crippen molar-refractivity contribution in [3.05, 3.63) is 202 Å². The van der Waals surface area contributed by atoms with Gasteiger partial charge in [-0.25, -0.2) is 0 Å². The van der Waals surface area contributed by atoms with Gasteiger partial charge in [0.05, 0.1) is 22.1 Å². The van der Waals surface area contributed by atoms with Gasteiger partial charge in [-0.2, -0.15) is 27.4 Å². The third kappa shape index (κ3) is 3.83. The van der Waals surface area contributed by atoms with Crippen LogP contribution in [0.1, 0.15) is 61.9 Å². The van der Waals surface area contributed by atoms with Gasteiger partial charge in [0.15, 0.2) is 24.8 Å². The molecule has 12 rings (SSSR count). The Hall–Kier alpha value is -6.80. The Bertz CT molecular complexity index is 2970. The molecule has 0 fully saturated rings. The van der Waals surface area contributed by atoms with Crippen LogP contribution in [0.4, 0.5) is 0 Å². The zero-order chi connectivity index (χ0) is 38.2. The van der Waals surface area contributed by atoms with Crippen LogP contribution in [0.15, 0.2) is 158 Å². The predicted molar refractivity (Wildman–Crippen MR) is 217 cm³/mol. The SMILES string of the molecule is CC[n+]1ccccc1C1=C2C=CC3=[N+]2C24n5c1ccc5C(c1cccc[n+]1CC)=C1C=CC(=[N+]12)C(c1cccc[n+]1CC)=c1ccc(n14)=C3c1cccc[n+]1CC. The van der Waals surface area contributed by atoms with E-state index in [1.54, 1.807) is 0 Å². The molecule has 6 aromatic heterocycles. The fourth-order valence-corrected chi connectivity index (χ4v) is 10.7. The molecule has 57 heavy (non-hydrogen) atoms. The van der Waals surface area contributed by atoms with E-state index in [0.29, 0.717) is 0 Å². The van der Waals surface area contributed by atoms with Crippen LogP contribution < -0.4 is 29.0 Å². The Morgan fingerprint density at radius 3 is 1.14 bits per heavy atom. The molecule has 6 aromatic rings. The molecule has 0 saturated heterocycles. The number of pyridine rings is 4. The van der Waals surface area contributed by atoms with Crippen molar-refractivity contribution >= 4 is 33.7 Å². The third-order valence-electron chi connectivity index (χ3n) is 12.9. The normalized spacial score (nSPS) is 17.4. The van der Waals surface area contributed by atoms with Crippen LogP contribution in [0, 0.1) is 0 Å². The highest BCUT2D eigenvalue weighted by atomic mass is 15.6. The van der Waals surface area contributed by atoms with Gasteiger partial charge in [0.2, 0.25) is 45.6 Å². The molecule has 6 aliphatic heterocycles. The van der Waals surface area contributed by atoms with Gasteiger partial charge in [0.1, 0.15) is 48.5 Å². The van der Waals surface area contributed by atoms with Crippen LogP contribution >= 0.6 is 0 Å². The quantitative estimate of drug-likeness (QED) is 0.214. The molecule has 0 unspecified atom stereocenters. The minimum absolute atomic E-state index is 0.819. The van der Waals surface area contributed by atoms with Gasteiger partial charge in [-0.15, -0.1) is 0 Å². The van der Waals surface area contributed by atoms with Crippen molar-refractivity contribution in [2.75, 3.05) is 0 Å². The Morgan fingerprint density at radius 2 is 0.772 bits per heavy atom. The first-order valence-electron chi connectivity index (χ1n) is 20.5. The molecule has 8 heteroatoms. The highest BCUT2D eigenvalue weighted by Crippen LogP contribution is 2.52. The van der Waals surface area contributed by atoms with Crippen LogP contribution in [0.3, 0.4) is 0 Å². The second kappa shape index (κ2) is 11.6. The first kappa shape index (κ1) is 32.4. The molecule has 12 heterocycles. The number of allylic oxidation sites excluding steroid dienone is 4. The first-order valence-corrected chi connectivity index (χ1v) is 20.5. The standard InChI is InChI=1S/C49H44N8/c1-5-50-29-13-9-17-33(50)45-37-21-23-39-46(34-18-10-14-30-51(34)6-2)41-25-27-43-48(36-20-12-16-32-53(36)8-4)44-28-26-42-47(35-19-11-15-31-52(35)7-3)40-24-22-38(45)55(40)49(54(37)39,56(41)43)57(42)44/h9-32H,5-8H2,1-4H3/q+6. The largest absolute Gasteiger partial charge is 0.554 e. The molecule has 0 bridgehead atoms. The Labute approximate surface area is 331 Å². The molecule has 0 radical (unpaired) electrons. The summed E-state index contributed by atoms with van der Waals surface area (Å²) in [5.74, 6) is -0.819. The van der Waals surface area contributed by atoms with E-state index in [4.69, 9.17) is 0 Å². The van der Waals surface area contributed by atoms with E-state index >= 15 is 0 Å². The van der Waals surface area contributed by atoms with E-state index in [-0.39, 0.29) is 0 Å². The van der Waals surface area contributed by atoms with Crippen molar-refractivity contribution in [2.24, 2.45) is 0 Å². The average molecular weight is 745 g/mol. The van der Waals surface area contributed by atoms with Crippen LogP contribution in [0.5, 0.6) is 0 Å². The maximum atomic E-state index is 2.68. The Kier molecular flexibility index (Phi) is 6.61. The second-order valence-corrected chi connectivity index (χ2v) is 15.3. The lowest BCUT2D eigenvalue weighted by Crippen LogP contribution is -2.71. The average Bonchev–Trinajstić information content (AvgIpc) is 4.10. The van der Waals surface area contributed by atoms with Crippen LogP contribution in [-0.4, -0.2) is 29.7 Å². The summed E-state index contributed by atoms with van der Waals surface area (Å²) in [5, 5.41) is 2.42. The van der Waals surface area contributed by atoms with E-state index in [2.05, 4.69) is 210 Å². The zero-order valence-electron chi connectivity index (χ0n) is 32.8. The molecule has 0 aromatic carbocycles. The fourth-order valence-electron chi connectivity index (χ4n) is 10.7. The molecule has 1 spiro atoms. The molecular formula is C49H44N8+6. The van der Waals surface area contributed by atoms with Gasteiger partial charge in [0, 0.05) is 72.8 Å². The summed E-state index contributed by atoms with van der Waals surface area (Å²) in [6.07, 6.45) is 18.4. The number of aromatic nitrogens is 6. The smallest absolute Gasteiger partial charge is 0.198 e. The summed E-state index contributed by atoms with van der Waals surface area (Å²) in [7, 11) is 0. The minimum atomic E-state index is -0.819. The van der Waals surface area contributed by atoms with Crippen molar-refractivity contribution in [3.63, 3.8) is 0 Å². The molecule has 8 nitrogen and oxygen atoms in total. The Morgan fingerprint density at radius 1 is 0.404 bits per heavy atom. The molecule has 0 amide bonds. The topological polar surface area (TPSA) is 31.4 Å². The van der Waals surface area contributed by atoms with E-state index in [9.17, 15) is 0 Å². The van der Waals surface area contributed by atoms with Gasteiger partial charge in [-0.1, -0.05) is 9.15 Å². The lowest BCUT2D eigenvalue weighted by molar-refractivity contribution is -0.834. The van der Waals surface area contributed by atoms with Crippen molar-refractivity contribution in [2.45, 2.75) is 59.8 Å².